The van der Waals surface area contributed by atoms with E-state index in [0.29, 0.717) is 0 Å². The Kier molecular flexibility index (Phi) is 4.73. The first-order valence-corrected chi connectivity index (χ1v) is 7.16. The van der Waals surface area contributed by atoms with Crippen molar-refractivity contribution in [3.8, 4) is 11.5 Å². The first kappa shape index (κ1) is 15.6. The highest BCUT2D eigenvalue weighted by Gasteiger charge is 2.28. The van der Waals surface area contributed by atoms with Crippen molar-refractivity contribution in [2.45, 2.75) is 44.8 Å². The minimum Gasteiger partial charge on any atom is -0.496 e. The van der Waals surface area contributed by atoms with Gasteiger partial charge in [0.1, 0.15) is 17.6 Å². The van der Waals surface area contributed by atoms with Crippen molar-refractivity contribution in [1.29, 1.82) is 0 Å². The van der Waals surface area contributed by atoms with Crippen LogP contribution in [-0.2, 0) is 16.0 Å². The molecule has 2 rings (SSSR count). The van der Waals surface area contributed by atoms with Crippen LogP contribution in [0.4, 0.5) is 0 Å². The second kappa shape index (κ2) is 6.35. The summed E-state index contributed by atoms with van der Waals surface area (Å²) in [6.07, 6.45) is 1.25. The molecular weight excluding hydrogens is 270 g/mol. The molecule has 0 aliphatic carbocycles. The Bertz CT molecular complexity index is 527. The van der Waals surface area contributed by atoms with Gasteiger partial charge in [0.05, 0.1) is 20.6 Å². The average Bonchev–Trinajstić information content (AvgIpc) is 2.81. The highest BCUT2D eigenvalue weighted by atomic mass is 16.5. The summed E-state index contributed by atoms with van der Waals surface area (Å²) in [5, 5.41) is 0. The molecule has 3 unspecified atom stereocenters. The van der Waals surface area contributed by atoms with Crippen LogP contribution in [-0.4, -0.2) is 32.3 Å². The summed E-state index contributed by atoms with van der Waals surface area (Å²) < 4.78 is 16.1. The van der Waals surface area contributed by atoms with E-state index in [2.05, 4.69) is 0 Å². The van der Waals surface area contributed by atoms with Crippen molar-refractivity contribution < 1.29 is 19.0 Å². The number of esters is 1. The highest BCUT2D eigenvalue weighted by Crippen LogP contribution is 2.39. The fourth-order valence-corrected chi connectivity index (χ4v) is 2.76. The van der Waals surface area contributed by atoms with Crippen molar-refractivity contribution in [3.05, 3.63) is 23.3 Å². The third-order valence-corrected chi connectivity index (χ3v) is 3.90. The van der Waals surface area contributed by atoms with Gasteiger partial charge in [-0.05, 0) is 26.0 Å². The van der Waals surface area contributed by atoms with Gasteiger partial charge in [-0.1, -0.05) is 0 Å². The quantitative estimate of drug-likeness (QED) is 0.841. The van der Waals surface area contributed by atoms with E-state index >= 15 is 0 Å². The number of fused-ring (bicyclic) bond motifs is 1. The van der Waals surface area contributed by atoms with Gasteiger partial charge < -0.3 is 19.9 Å². The smallest absolute Gasteiger partial charge is 0.306 e. The summed E-state index contributed by atoms with van der Waals surface area (Å²) in [6.45, 7) is 3.91. The number of carbonyl (C=O) groups is 1. The maximum atomic E-state index is 11.6. The summed E-state index contributed by atoms with van der Waals surface area (Å²) in [4.78, 5) is 11.6. The molecule has 0 fully saturated rings. The topological polar surface area (TPSA) is 70.8 Å². The molecule has 1 aliphatic heterocycles. The first-order chi connectivity index (χ1) is 9.96. The molecule has 0 aromatic heterocycles. The van der Waals surface area contributed by atoms with Crippen molar-refractivity contribution >= 4 is 5.97 Å². The molecular formula is C16H23NO4. The number of methoxy groups -OCH3 is 2. The lowest BCUT2D eigenvalue weighted by Crippen LogP contribution is -2.27. The summed E-state index contributed by atoms with van der Waals surface area (Å²) in [6, 6.07) is 3.74. The Labute approximate surface area is 125 Å². The SMILES string of the molecule is COC(=O)CC(c1cc2c(cc1OC)CC(C)O2)C(C)N. The van der Waals surface area contributed by atoms with Crippen molar-refractivity contribution in [2.75, 3.05) is 14.2 Å². The molecule has 1 aliphatic rings. The third-order valence-electron chi connectivity index (χ3n) is 3.90. The predicted octanol–water partition coefficient (Wildman–Crippen LogP) is 2.01. The minimum atomic E-state index is -0.283. The van der Waals surface area contributed by atoms with Crippen LogP contribution in [0.2, 0.25) is 0 Å². The second-order valence-electron chi connectivity index (χ2n) is 5.58. The zero-order chi connectivity index (χ0) is 15.6. The first-order valence-electron chi connectivity index (χ1n) is 7.16. The Balaban J connectivity index is 2.40. The van der Waals surface area contributed by atoms with E-state index in [4.69, 9.17) is 19.9 Å². The van der Waals surface area contributed by atoms with E-state index in [0.717, 1.165) is 29.0 Å². The number of ether oxygens (including phenoxy) is 3. The minimum absolute atomic E-state index is 0.161. The standard InChI is InChI=1S/C16H23NO4/c1-9-5-11-6-15(19-3)13(7-14(11)21-9)12(10(2)17)8-16(18)20-4/h6-7,9-10,12H,5,8,17H2,1-4H3. The molecule has 0 saturated carbocycles. The Morgan fingerprint density at radius 3 is 2.76 bits per heavy atom. The number of nitrogens with two attached hydrogens (primary N) is 1. The number of carbonyl (C=O) groups excluding carboxylic acids is 1. The lowest BCUT2D eigenvalue weighted by atomic mass is 9.88. The molecule has 5 heteroatoms. The highest BCUT2D eigenvalue weighted by molar-refractivity contribution is 5.71. The monoisotopic (exact) mass is 293 g/mol. The molecule has 3 atom stereocenters. The molecule has 0 amide bonds. The van der Waals surface area contributed by atoms with Crippen LogP contribution in [0.25, 0.3) is 0 Å². The Morgan fingerprint density at radius 2 is 2.19 bits per heavy atom. The van der Waals surface area contributed by atoms with Gasteiger partial charge in [-0.15, -0.1) is 0 Å². The molecule has 5 nitrogen and oxygen atoms in total. The van der Waals surface area contributed by atoms with E-state index in [9.17, 15) is 4.79 Å². The van der Waals surface area contributed by atoms with E-state index < -0.39 is 0 Å². The zero-order valence-corrected chi connectivity index (χ0v) is 13.0. The van der Waals surface area contributed by atoms with Gasteiger partial charge in [0.2, 0.25) is 0 Å². The van der Waals surface area contributed by atoms with Crippen LogP contribution in [0.3, 0.4) is 0 Å². The molecule has 0 saturated heterocycles. The third kappa shape index (κ3) is 3.29. The molecule has 1 aromatic carbocycles. The fourth-order valence-electron chi connectivity index (χ4n) is 2.76. The van der Waals surface area contributed by atoms with Crippen molar-refractivity contribution in [3.63, 3.8) is 0 Å². The zero-order valence-electron chi connectivity index (χ0n) is 13.0. The van der Waals surface area contributed by atoms with Crippen LogP contribution in [0.15, 0.2) is 12.1 Å². The maximum Gasteiger partial charge on any atom is 0.306 e. The summed E-state index contributed by atoms with van der Waals surface area (Å²) >= 11 is 0. The second-order valence-corrected chi connectivity index (χ2v) is 5.58. The molecule has 0 radical (unpaired) electrons. The number of rotatable bonds is 5. The molecule has 2 N–H and O–H groups in total. The number of hydrogen-bond acceptors (Lipinski definition) is 5. The van der Waals surface area contributed by atoms with E-state index in [1.54, 1.807) is 7.11 Å². The lowest BCUT2D eigenvalue weighted by Gasteiger charge is -2.23. The van der Waals surface area contributed by atoms with Crippen LogP contribution in [0.1, 0.15) is 37.3 Å². The largest absolute Gasteiger partial charge is 0.496 e. The van der Waals surface area contributed by atoms with Crippen molar-refractivity contribution in [2.24, 2.45) is 5.73 Å². The average molecular weight is 293 g/mol. The number of hydrogen-bond donors (Lipinski definition) is 1. The van der Waals surface area contributed by atoms with Gasteiger partial charge in [0.25, 0.3) is 0 Å². The molecule has 1 aromatic rings. The van der Waals surface area contributed by atoms with E-state index in [1.165, 1.54) is 7.11 Å². The van der Waals surface area contributed by atoms with Gasteiger partial charge in [0, 0.05) is 29.5 Å². The normalized spacial score (nSPS) is 19.4. The van der Waals surface area contributed by atoms with E-state index in [-0.39, 0.29) is 30.5 Å². The van der Waals surface area contributed by atoms with Crippen LogP contribution < -0.4 is 15.2 Å². The predicted molar refractivity (Wildman–Crippen MR) is 79.8 cm³/mol. The summed E-state index contributed by atoms with van der Waals surface area (Å²) in [7, 11) is 3.01. The van der Waals surface area contributed by atoms with Crippen molar-refractivity contribution in [1.82, 2.24) is 0 Å². The van der Waals surface area contributed by atoms with Gasteiger partial charge in [-0.25, -0.2) is 0 Å². The summed E-state index contributed by atoms with van der Waals surface area (Å²) in [5.74, 6) is 1.15. The van der Waals surface area contributed by atoms with Gasteiger partial charge in [-0.3, -0.25) is 4.79 Å². The van der Waals surface area contributed by atoms with E-state index in [1.807, 2.05) is 26.0 Å². The van der Waals surface area contributed by atoms with Gasteiger partial charge in [-0.2, -0.15) is 0 Å². The summed E-state index contributed by atoms with van der Waals surface area (Å²) in [5.41, 5.74) is 8.09. The van der Waals surface area contributed by atoms with Crippen LogP contribution in [0.5, 0.6) is 11.5 Å². The molecule has 21 heavy (non-hydrogen) atoms. The number of benzene rings is 1. The Hall–Kier alpha value is -1.75. The lowest BCUT2D eigenvalue weighted by molar-refractivity contribution is -0.141. The molecule has 116 valence electrons. The maximum absolute atomic E-state index is 11.6. The van der Waals surface area contributed by atoms with Crippen LogP contribution in [0, 0.1) is 0 Å². The molecule has 0 bridgehead atoms. The Morgan fingerprint density at radius 1 is 1.48 bits per heavy atom. The van der Waals surface area contributed by atoms with Gasteiger partial charge in [0.15, 0.2) is 0 Å². The molecule has 1 heterocycles. The van der Waals surface area contributed by atoms with Crippen LogP contribution >= 0.6 is 0 Å². The molecule has 0 spiro atoms. The fraction of sp³-hybridized carbons (Fsp3) is 0.562. The van der Waals surface area contributed by atoms with Gasteiger partial charge >= 0.3 is 5.97 Å².